The van der Waals surface area contributed by atoms with Gasteiger partial charge in [-0.1, -0.05) is 17.7 Å². The van der Waals surface area contributed by atoms with Crippen LogP contribution in [0.5, 0.6) is 0 Å². The lowest BCUT2D eigenvalue weighted by Crippen LogP contribution is -2.22. The first-order valence-corrected chi connectivity index (χ1v) is 6.07. The number of hydrogen-bond donors (Lipinski definition) is 1. The quantitative estimate of drug-likeness (QED) is 0.931. The maximum absolute atomic E-state index is 11.8. The highest BCUT2D eigenvalue weighted by Crippen LogP contribution is 2.20. The molecule has 1 heterocycles. The van der Waals surface area contributed by atoms with E-state index in [1.807, 2.05) is 0 Å². The van der Waals surface area contributed by atoms with Crippen molar-refractivity contribution in [2.45, 2.75) is 6.61 Å². The molecule has 0 bridgehead atoms. The van der Waals surface area contributed by atoms with Crippen LogP contribution in [0.15, 0.2) is 30.5 Å². The van der Waals surface area contributed by atoms with E-state index in [0.29, 0.717) is 22.0 Å². The summed E-state index contributed by atoms with van der Waals surface area (Å²) in [6, 6.07) is 6.76. The van der Waals surface area contributed by atoms with E-state index in [4.69, 9.17) is 11.6 Å². The molecule has 0 aliphatic rings. The van der Waals surface area contributed by atoms with Crippen LogP contribution in [0.2, 0.25) is 5.02 Å². The fourth-order valence-corrected chi connectivity index (χ4v) is 1.85. The maximum Gasteiger partial charge on any atom is 0.273 e. The van der Waals surface area contributed by atoms with E-state index in [-0.39, 0.29) is 12.5 Å². The van der Waals surface area contributed by atoms with Crippen molar-refractivity contribution in [2.24, 2.45) is 0 Å². The Labute approximate surface area is 116 Å². The lowest BCUT2D eigenvalue weighted by atomic mass is 10.2. The Hall–Kier alpha value is -1.85. The van der Waals surface area contributed by atoms with E-state index in [0.717, 1.165) is 0 Å². The Kier molecular flexibility index (Phi) is 3.87. The Morgan fingerprint density at radius 1 is 1.42 bits per heavy atom. The molecule has 5 nitrogen and oxygen atoms in total. The molecule has 6 heteroatoms. The highest BCUT2D eigenvalue weighted by Gasteiger charge is 2.13. The summed E-state index contributed by atoms with van der Waals surface area (Å²) in [7, 11) is 3.33. The number of nitrogens with zero attached hydrogens (tertiary/aromatic N) is 3. The summed E-state index contributed by atoms with van der Waals surface area (Å²) in [5, 5.41) is 14.1. The number of aliphatic hydroxyl groups is 1. The summed E-state index contributed by atoms with van der Waals surface area (Å²) in [4.78, 5) is 13.2. The molecule has 1 N–H and O–H groups in total. The monoisotopic (exact) mass is 279 g/mol. The normalized spacial score (nSPS) is 10.5. The van der Waals surface area contributed by atoms with Gasteiger partial charge in [-0.2, -0.15) is 5.10 Å². The van der Waals surface area contributed by atoms with E-state index in [2.05, 4.69) is 5.10 Å². The second-order valence-corrected chi connectivity index (χ2v) is 4.71. The van der Waals surface area contributed by atoms with Crippen molar-refractivity contribution in [3.05, 3.63) is 46.7 Å². The molecular weight excluding hydrogens is 266 g/mol. The van der Waals surface area contributed by atoms with E-state index < -0.39 is 0 Å². The third kappa shape index (κ3) is 2.77. The number of rotatable bonds is 3. The van der Waals surface area contributed by atoms with Crippen LogP contribution in [-0.4, -0.2) is 39.8 Å². The van der Waals surface area contributed by atoms with Gasteiger partial charge in [0.15, 0.2) is 5.69 Å². The van der Waals surface area contributed by atoms with Gasteiger partial charge in [-0.15, -0.1) is 0 Å². The molecule has 0 radical (unpaired) electrons. The van der Waals surface area contributed by atoms with Crippen LogP contribution < -0.4 is 0 Å². The molecule has 1 aromatic carbocycles. The van der Waals surface area contributed by atoms with Gasteiger partial charge in [0.05, 0.1) is 12.3 Å². The van der Waals surface area contributed by atoms with E-state index in [1.165, 1.54) is 9.58 Å². The highest BCUT2D eigenvalue weighted by molar-refractivity contribution is 6.30. The predicted molar refractivity (Wildman–Crippen MR) is 72.5 cm³/mol. The first-order valence-electron chi connectivity index (χ1n) is 5.70. The number of aliphatic hydroxyl groups excluding tert-OH is 1. The molecule has 0 spiro atoms. The second-order valence-electron chi connectivity index (χ2n) is 4.28. The standard InChI is InChI=1S/C13H14ClN3O2/c1-16(2)13(19)11-5-6-17(15-11)12-7-10(14)4-3-9(12)8-18/h3-7,18H,8H2,1-2H3. The molecule has 0 atom stereocenters. The SMILES string of the molecule is CN(C)C(=O)c1ccn(-c2cc(Cl)ccc2CO)n1. The fourth-order valence-electron chi connectivity index (χ4n) is 1.69. The smallest absolute Gasteiger partial charge is 0.273 e. The lowest BCUT2D eigenvalue weighted by Gasteiger charge is -2.09. The number of aromatic nitrogens is 2. The summed E-state index contributed by atoms with van der Waals surface area (Å²) in [6.45, 7) is -0.122. The van der Waals surface area contributed by atoms with Gasteiger partial charge in [0, 0.05) is 30.9 Å². The van der Waals surface area contributed by atoms with Gasteiger partial charge in [-0.25, -0.2) is 4.68 Å². The molecule has 2 rings (SSSR count). The molecule has 1 aromatic heterocycles. The second kappa shape index (κ2) is 5.42. The zero-order valence-electron chi connectivity index (χ0n) is 10.7. The third-order valence-corrected chi connectivity index (χ3v) is 2.91. The molecule has 0 fully saturated rings. The predicted octanol–water partition coefficient (Wildman–Crippen LogP) is 1.72. The van der Waals surface area contributed by atoms with Crippen LogP contribution in [0.3, 0.4) is 0 Å². The Morgan fingerprint density at radius 3 is 2.79 bits per heavy atom. The van der Waals surface area contributed by atoms with Crippen LogP contribution in [0.4, 0.5) is 0 Å². The molecule has 2 aromatic rings. The van der Waals surface area contributed by atoms with Crippen molar-refractivity contribution >= 4 is 17.5 Å². The topological polar surface area (TPSA) is 58.4 Å². The zero-order chi connectivity index (χ0) is 14.0. The Morgan fingerprint density at radius 2 is 2.16 bits per heavy atom. The summed E-state index contributed by atoms with van der Waals surface area (Å²) in [5.74, 6) is -0.175. The van der Waals surface area contributed by atoms with Crippen molar-refractivity contribution in [3.63, 3.8) is 0 Å². The van der Waals surface area contributed by atoms with Gasteiger partial charge in [-0.3, -0.25) is 4.79 Å². The summed E-state index contributed by atoms with van der Waals surface area (Å²) < 4.78 is 1.54. The molecular formula is C13H14ClN3O2. The van der Waals surface area contributed by atoms with Crippen LogP contribution in [-0.2, 0) is 6.61 Å². The van der Waals surface area contributed by atoms with E-state index in [1.54, 1.807) is 44.6 Å². The average Bonchev–Trinajstić information content (AvgIpc) is 2.87. The van der Waals surface area contributed by atoms with Crippen molar-refractivity contribution in [1.29, 1.82) is 0 Å². The van der Waals surface area contributed by atoms with Crippen LogP contribution in [0.25, 0.3) is 5.69 Å². The van der Waals surface area contributed by atoms with Gasteiger partial charge in [0.25, 0.3) is 5.91 Å². The first-order chi connectivity index (χ1) is 9.02. The lowest BCUT2D eigenvalue weighted by molar-refractivity contribution is 0.0821. The third-order valence-electron chi connectivity index (χ3n) is 2.68. The van der Waals surface area contributed by atoms with Crippen LogP contribution >= 0.6 is 11.6 Å². The van der Waals surface area contributed by atoms with Crippen molar-refractivity contribution < 1.29 is 9.90 Å². The van der Waals surface area contributed by atoms with Crippen LogP contribution in [0.1, 0.15) is 16.1 Å². The molecule has 100 valence electrons. The fraction of sp³-hybridized carbons (Fsp3) is 0.231. The molecule has 0 unspecified atom stereocenters. The number of amides is 1. The minimum absolute atomic E-state index is 0.122. The van der Waals surface area contributed by atoms with Gasteiger partial charge in [0.1, 0.15) is 0 Å². The molecule has 1 amide bonds. The molecule has 0 aliphatic carbocycles. The minimum atomic E-state index is -0.175. The van der Waals surface area contributed by atoms with Crippen LogP contribution in [0, 0.1) is 0 Å². The van der Waals surface area contributed by atoms with E-state index >= 15 is 0 Å². The zero-order valence-corrected chi connectivity index (χ0v) is 11.4. The molecule has 0 saturated heterocycles. The average molecular weight is 280 g/mol. The van der Waals surface area contributed by atoms with Crippen molar-refractivity contribution in [3.8, 4) is 5.69 Å². The number of halogens is 1. The molecule has 0 saturated carbocycles. The Balaban J connectivity index is 2.43. The highest BCUT2D eigenvalue weighted by atomic mass is 35.5. The van der Waals surface area contributed by atoms with Gasteiger partial charge < -0.3 is 10.0 Å². The number of hydrogen-bond acceptors (Lipinski definition) is 3. The molecule has 0 aliphatic heterocycles. The number of carbonyl (C=O) groups is 1. The molecule has 19 heavy (non-hydrogen) atoms. The van der Waals surface area contributed by atoms with Gasteiger partial charge in [-0.05, 0) is 18.2 Å². The Bertz CT molecular complexity index is 608. The largest absolute Gasteiger partial charge is 0.392 e. The van der Waals surface area contributed by atoms with Crippen molar-refractivity contribution in [1.82, 2.24) is 14.7 Å². The van der Waals surface area contributed by atoms with Crippen molar-refractivity contribution in [2.75, 3.05) is 14.1 Å². The maximum atomic E-state index is 11.8. The number of benzene rings is 1. The van der Waals surface area contributed by atoms with E-state index in [9.17, 15) is 9.90 Å². The minimum Gasteiger partial charge on any atom is -0.392 e. The van der Waals surface area contributed by atoms with Gasteiger partial charge >= 0.3 is 0 Å². The number of carbonyl (C=O) groups excluding carboxylic acids is 1. The van der Waals surface area contributed by atoms with Gasteiger partial charge in [0.2, 0.25) is 0 Å². The summed E-state index contributed by atoms with van der Waals surface area (Å²) in [6.07, 6.45) is 1.67. The summed E-state index contributed by atoms with van der Waals surface area (Å²) >= 11 is 5.95. The summed E-state index contributed by atoms with van der Waals surface area (Å²) in [5.41, 5.74) is 1.69. The first kappa shape index (κ1) is 13.6.